The second-order valence-electron chi connectivity index (χ2n) is 5.00. The molecule has 100 valence electrons. The summed E-state index contributed by atoms with van der Waals surface area (Å²) in [6.45, 7) is 2.95. The molecular formula is C15H22FNO. The van der Waals surface area contributed by atoms with E-state index < -0.39 is 0 Å². The molecule has 1 aromatic carbocycles. The van der Waals surface area contributed by atoms with Gasteiger partial charge in [0.25, 0.3) is 0 Å². The normalized spacial score (nSPS) is 16.3. The molecule has 1 N–H and O–H groups in total. The molecule has 0 saturated heterocycles. The maximum Gasteiger partial charge on any atom is 0.128 e. The highest BCUT2D eigenvalue weighted by atomic mass is 19.1. The topological polar surface area (TPSA) is 21.3 Å². The molecule has 0 bridgehead atoms. The highest BCUT2D eigenvalue weighted by molar-refractivity contribution is 5.16. The Balaban J connectivity index is 1.52. The Morgan fingerprint density at radius 2 is 2.00 bits per heavy atom. The van der Waals surface area contributed by atoms with Gasteiger partial charge in [-0.3, -0.25) is 0 Å². The number of rotatable bonds is 7. The largest absolute Gasteiger partial charge is 0.375 e. The van der Waals surface area contributed by atoms with Crippen LogP contribution >= 0.6 is 0 Å². The molecular weight excluding hydrogens is 229 g/mol. The van der Waals surface area contributed by atoms with Crippen LogP contribution in [0, 0.1) is 11.7 Å². The van der Waals surface area contributed by atoms with Crippen molar-refractivity contribution in [3.05, 3.63) is 35.6 Å². The van der Waals surface area contributed by atoms with Gasteiger partial charge in [-0.2, -0.15) is 0 Å². The van der Waals surface area contributed by atoms with Crippen molar-refractivity contribution >= 4 is 0 Å². The Bertz CT molecular complexity index is 350. The fourth-order valence-corrected chi connectivity index (χ4v) is 2.46. The third-order valence-electron chi connectivity index (χ3n) is 3.55. The first kappa shape index (κ1) is 13.5. The molecule has 1 aromatic rings. The predicted molar refractivity (Wildman–Crippen MR) is 70.9 cm³/mol. The molecule has 2 nitrogen and oxygen atoms in total. The molecule has 1 aliphatic rings. The Morgan fingerprint density at radius 1 is 1.22 bits per heavy atom. The summed E-state index contributed by atoms with van der Waals surface area (Å²) in [6, 6.07) is 6.76. The number of hydrogen-bond acceptors (Lipinski definition) is 2. The van der Waals surface area contributed by atoms with Gasteiger partial charge >= 0.3 is 0 Å². The monoisotopic (exact) mass is 251 g/mol. The summed E-state index contributed by atoms with van der Waals surface area (Å²) in [6.07, 6.45) is 5.50. The van der Waals surface area contributed by atoms with Gasteiger partial charge in [0.15, 0.2) is 0 Å². The second-order valence-corrected chi connectivity index (χ2v) is 5.00. The first-order valence-corrected chi connectivity index (χ1v) is 6.88. The van der Waals surface area contributed by atoms with Crippen molar-refractivity contribution in [3.63, 3.8) is 0 Å². The molecule has 2 rings (SSSR count). The van der Waals surface area contributed by atoms with Crippen LogP contribution in [0.1, 0.15) is 31.2 Å². The minimum absolute atomic E-state index is 0.184. The molecule has 3 heteroatoms. The van der Waals surface area contributed by atoms with Gasteiger partial charge < -0.3 is 10.1 Å². The molecule has 0 aliphatic heterocycles. The maximum absolute atomic E-state index is 13.3. The van der Waals surface area contributed by atoms with Gasteiger partial charge in [0.05, 0.1) is 13.2 Å². The Labute approximate surface area is 109 Å². The van der Waals surface area contributed by atoms with Crippen molar-refractivity contribution in [2.45, 2.75) is 32.3 Å². The fraction of sp³-hybridized carbons (Fsp3) is 0.600. The minimum atomic E-state index is -0.184. The van der Waals surface area contributed by atoms with Crippen LogP contribution < -0.4 is 5.32 Å². The van der Waals surface area contributed by atoms with Crippen LogP contribution in [0.25, 0.3) is 0 Å². The first-order valence-electron chi connectivity index (χ1n) is 6.88. The summed E-state index contributed by atoms with van der Waals surface area (Å²) in [5, 5.41) is 3.41. The SMILES string of the molecule is Fc1ccccc1COCCNCC1CCCC1. The number of halogens is 1. The summed E-state index contributed by atoms with van der Waals surface area (Å²) in [5.41, 5.74) is 0.633. The zero-order valence-electron chi connectivity index (χ0n) is 10.8. The molecule has 0 aromatic heterocycles. The van der Waals surface area contributed by atoms with E-state index in [1.54, 1.807) is 12.1 Å². The maximum atomic E-state index is 13.3. The van der Waals surface area contributed by atoms with Crippen LogP contribution in [0.5, 0.6) is 0 Å². The molecule has 0 amide bonds. The van der Waals surface area contributed by atoms with E-state index >= 15 is 0 Å². The van der Waals surface area contributed by atoms with Gasteiger partial charge in [0.1, 0.15) is 5.82 Å². The summed E-state index contributed by atoms with van der Waals surface area (Å²) in [7, 11) is 0. The molecule has 0 heterocycles. The Kier molecular flexibility index (Phi) is 5.62. The summed E-state index contributed by atoms with van der Waals surface area (Å²) in [4.78, 5) is 0. The van der Waals surface area contributed by atoms with Gasteiger partial charge in [-0.05, 0) is 31.4 Å². The van der Waals surface area contributed by atoms with E-state index in [-0.39, 0.29) is 5.82 Å². The van der Waals surface area contributed by atoms with Gasteiger partial charge in [-0.1, -0.05) is 31.0 Å². The third kappa shape index (κ3) is 4.39. The van der Waals surface area contributed by atoms with Crippen LogP contribution in [-0.4, -0.2) is 19.7 Å². The fourth-order valence-electron chi connectivity index (χ4n) is 2.46. The Morgan fingerprint density at radius 3 is 2.78 bits per heavy atom. The molecule has 0 spiro atoms. The highest BCUT2D eigenvalue weighted by Crippen LogP contribution is 2.23. The van der Waals surface area contributed by atoms with Crippen LogP contribution in [0.3, 0.4) is 0 Å². The van der Waals surface area contributed by atoms with E-state index in [9.17, 15) is 4.39 Å². The van der Waals surface area contributed by atoms with E-state index in [2.05, 4.69) is 5.32 Å². The average molecular weight is 251 g/mol. The van der Waals surface area contributed by atoms with Crippen LogP contribution in [-0.2, 0) is 11.3 Å². The summed E-state index contributed by atoms with van der Waals surface area (Å²) < 4.78 is 18.7. The van der Waals surface area contributed by atoms with E-state index in [4.69, 9.17) is 4.74 Å². The van der Waals surface area contributed by atoms with Gasteiger partial charge in [0, 0.05) is 12.1 Å². The molecule has 18 heavy (non-hydrogen) atoms. The van der Waals surface area contributed by atoms with Crippen LogP contribution in [0.4, 0.5) is 4.39 Å². The smallest absolute Gasteiger partial charge is 0.128 e. The molecule has 1 fully saturated rings. The van der Waals surface area contributed by atoms with Crippen molar-refractivity contribution in [2.24, 2.45) is 5.92 Å². The van der Waals surface area contributed by atoms with Crippen LogP contribution in [0.2, 0.25) is 0 Å². The van der Waals surface area contributed by atoms with Crippen LogP contribution in [0.15, 0.2) is 24.3 Å². The summed E-state index contributed by atoms with van der Waals surface area (Å²) >= 11 is 0. The lowest BCUT2D eigenvalue weighted by Crippen LogP contribution is -2.25. The van der Waals surface area contributed by atoms with Gasteiger partial charge in [-0.15, -0.1) is 0 Å². The van der Waals surface area contributed by atoms with Crippen molar-refractivity contribution in [3.8, 4) is 0 Å². The zero-order valence-corrected chi connectivity index (χ0v) is 10.8. The van der Waals surface area contributed by atoms with E-state index in [0.29, 0.717) is 18.8 Å². The van der Waals surface area contributed by atoms with Crippen molar-refractivity contribution in [1.29, 1.82) is 0 Å². The van der Waals surface area contributed by atoms with Crippen molar-refractivity contribution < 1.29 is 9.13 Å². The quantitative estimate of drug-likeness (QED) is 0.752. The van der Waals surface area contributed by atoms with Gasteiger partial charge in [-0.25, -0.2) is 4.39 Å². The third-order valence-corrected chi connectivity index (χ3v) is 3.55. The number of benzene rings is 1. The Hall–Kier alpha value is -0.930. The van der Waals surface area contributed by atoms with Crippen molar-refractivity contribution in [1.82, 2.24) is 5.32 Å². The lowest BCUT2D eigenvalue weighted by atomic mass is 10.1. The number of hydrogen-bond donors (Lipinski definition) is 1. The summed E-state index contributed by atoms with van der Waals surface area (Å²) in [5.74, 6) is 0.674. The zero-order chi connectivity index (χ0) is 12.6. The lowest BCUT2D eigenvalue weighted by molar-refractivity contribution is 0.119. The highest BCUT2D eigenvalue weighted by Gasteiger charge is 2.13. The molecule has 1 aliphatic carbocycles. The van der Waals surface area contributed by atoms with Gasteiger partial charge in [0.2, 0.25) is 0 Å². The molecule has 0 atom stereocenters. The van der Waals surface area contributed by atoms with Crippen molar-refractivity contribution in [2.75, 3.05) is 19.7 Å². The van der Waals surface area contributed by atoms with E-state index in [1.165, 1.54) is 31.7 Å². The van der Waals surface area contributed by atoms with E-state index in [1.807, 2.05) is 6.07 Å². The first-order chi connectivity index (χ1) is 8.86. The standard InChI is InChI=1S/C15H22FNO/c16-15-8-4-3-7-14(15)12-18-10-9-17-11-13-5-1-2-6-13/h3-4,7-8,13,17H,1-2,5-6,9-12H2. The predicted octanol–water partition coefficient (Wildman–Crippen LogP) is 3.12. The second kappa shape index (κ2) is 7.49. The molecule has 0 radical (unpaired) electrons. The molecule has 0 unspecified atom stereocenters. The number of ether oxygens (including phenoxy) is 1. The lowest BCUT2D eigenvalue weighted by Gasteiger charge is -2.10. The average Bonchev–Trinajstić information content (AvgIpc) is 2.89. The molecule has 1 saturated carbocycles. The number of nitrogens with one attached hydrogen (secondary N) is 1. The van der Waals surface area contributed by atoms with E-state index in [0.717, 1.165) is 19.0 Å². The minimum Gasteiger partial charge on any atom is -0.375 e.